The number of carbonyl (C=O) groups excluding carboxylic acids is 1. The molecule has 1 N–H and O–H groups in total. The maximum atomic E-state index is 12.5. The van der Waals surface area contributed by atoms with Crippen LogP contribution in [0, 0.1) is 17.8 Å². The molecule has 1 aliphatic heterocycles. The lowest BCUT2D eigenvalue weighted by Crippen LogP contribution is -2.52. The fourth-order valence-corrected chi connectivity index (χ4v) is 5.74. The van der Waals surface area contributed by atoms with Crippen molar-refractivity contribution in [2.75, 3.05) is 13.1 Å². The van der Waals surface area contributed by atoms with Crippen molar-refractivity contribution in [2.45, 2.75) is 76.9 Å². The quantitative estimate of drug-likeness (QED) is 0.515. The van der Waals surface area contributed by atoms with Crippen LogP contribution in [-0.2, 0) is 16.1 Å². The number of aromatic nitrogens is 3. The molecule has 1 aromatic carbocycles. The molecule has 0 radical (unpaired) electrons. The minimum Gasteiger partial charge on any atom is -0.481 e. The highest BCUT2D eigenvalue weighted by atomic mass is 16.6. The molecule has 5 rings (SSSR count). The molecule has 2 aromatic rings. The third-order valence-electron chi connectivity index (χ3n) is 7.73. The largest absolute Gasteiger partial charge is 0.481 e. The number of hydrogen-bond donors (Lipinski definition) is 1. The number of carboxylic acid groups (broad SMARTS) is 1. The van der Waals surface area contributed by atoms with Gasteiger partial charge in [-0.15, -0.1) is 10.2 Å². The molecule has 1 saturated heterocycles. The molecule has 8 heteroatoms. The van der Waals surface area contributed by atoms with E-state index in [0.29, 0.717) is 31.0 Å². The highest BCUT2D eigenvalue weighted by molar-refractivity contribution is 5.70. The topological polar surface area (TPSA) is 97.5 Å². The summed E-state index contributed by atoms with van der Waals surface area (Å²) < 4.78 is 7.73. The van der Waals surface area contributed by atoms with Crippen molar-refractivity contribution in [3.05, 3.63) is 47.5 Å². The first kappa shape index (κ1) is 23.8. The monoisotopic (exact) mass is 480 g/mol. The number of nitrogens with zero attached hydrogens (tertiary/aromatic N) is 4. The molecule has 2 saturated carbocycles. The lowest BCUT2D eigenvalue weighted by Gasteiger charge is -2.42. The molecule has 35 heavy (non-hydrogen) atoms. The van der Waals surface area contributed by atoms with Gasteiger partial charge in [0.15, 0.2) is 0 Å². The van der Waals surface area contributed by atoms with Crippen LogP contribution in [0.3, 0.4) is 0 Å². The molecular weight excluding hydrogens is 444 g/mol. The zero-order valence-corrected chi connectivity index (χ0v) is 20.7. The first-order valence-electron chi connectivity index (χ1n) is 13.0. The van der Waals surface area contributed by atoms with E-state index >= 15 is 0 Å². The smallest absolute Gasteiger partial charge is 0.410 e. The van der Waals surface area contributed by atoms with Crippen LogP contribution < -0.4 is 0 Å². The number of likely N-dealkylation sites (tertiary alicyclic amines) is 1. The fraction of sp³-hybridized carbons (Fsp3) is 0.630. The van der Waals surface area contributed by atoms with Gasteiger partial charge in [0.1, 0.15) is 18.3 Å². The standard InChI is InChI=1S/C27H36N4O4/c1-17(2)10-19-11-20(12-19)25-28-29-26(31(25)22-8-9-22)23(13-24(32)33)21-14-30(15-21)27(34)35-16-18-6-4-3-5-7-18/h3-7,17,19-23H,8-16H2,1-2H3,(H,32,33)/t19-,20+,23?. The minimum atomic E-state index is -0.840. The van der Waals surface area contributed by atoms with Crippen molar-refractivity contribution >= 4 is 12.1 Å². The fourth-order valence-electron chi connectivity index (χ4n) is 5.74. The Bertz CT molecular complexity index is 1040. The van der Waals surface area contributed by atoms with Gasteiger partial charge in [-0.3, -0.25) is 4.79 Å². The number of carbonyl (C=O) groups is 2. The number of hydrogen-bond acceptors (Lipinski definition) is 5. The molecule has 1 aromatic heterocycles. The Hall–Kier alpha value is -2.90. The van der Waals surface area contributed by atoms with Crippen LogP contribution in [-0.4, -0.2) is 49.9 Å². The molecule has 3 aliphatic rings. The summed E-state index contributed by atoms with van der Waals surface area (Å²) in [5.74, 6) is 2.70. The summed E-state index contributed by atoms with van der Waals surface area (Å²) in [5, 5.41) is 18.9. The predicted octanol–water partition coefficient (Wildman–Crippen LogP) is 4.98. The van der Waals surface area contributed by atoms with Crippen LogP contribution in [0.1, 0.15) is 87.5 Å². The van der Waals surface area contributed by atoms with Crippen LogP contribution >= 0.6 is 0 Å². The minimum absolute atomic E-state index is 0.00304. The number of aliphatic carboxylic acids is 1. The van der Waals surface area contributed by atoms with E-state index in [9.17, 15) is 14.7 Å². The van der Waals surface area contributed by atoms with E-state index in [-0.39, 0.29) is 31.0 Å². The molecule has 2 heterocycles. The van der Waals surface area contributed by atoms with E-state index in [4.69, 9.17) is 4.74 Å². The van der Waals surface area contributed by atoms with Gasteiger partial charge >= 0.3 is 12.1 Å². The van der Waals surface area contributed by atoms with Gasteiger partial charge in [0.2, 0.25) is 0 Å². The van der Waals surface area contributed by atoms with Crippen molar-refractivity contribution in [3.8, 4) is 0 Å². The summed E-state index contributed by atoms with van der Waals surface area (Å²) in [6, 6.07) is 9.99. The van der Waals surface area contributed by atoms with Gasteiger partial charge in [-0.25, -0.2) is 4.79 Å². The van der Waals surface area contributed by atoms with Crippen LogP contribution in [0.2, 0.25) is 0 Å². The second-order valence-electron chi connectivity index (χ2n) is 11.1. The van der Waals surface area contributed by atoms with Crippen molar-refractivity contribution in [1.29, 1.82) is 0 Å². The molecule has 3 fully saturated rings. The van der Waals surface area contributed by atoms with Crippen molar-refractivity contribution < 1.29 is 19.4 Å². The SMILES string of the molecule is CC(C)C[C@H]1C[C@@H](c2nnc(C(CC(=O)O)C3CN(C(=O)OCc4ccccc4)C3)n2C2CC2)C1. The summed E-state index contributed by atoms with van der Waals surface area (Å²) in [7, 11) is 0. The first-order chi connectivity index (χ1) is 16.9. The Morgan fingerprint density at radius 2 is 1.83 bits per heavy atom. The molecule has 1 unspecified atom stereocenters. The third kappa shape index (κ3) is 5.36. The predicted molar refractivity (Wildman–Crippen MR) is 130 cm³/mol. The molecule has 1 amide bonds. The van der Waals surface area contributed by atoms with Crippen LogP contribution in [0.15, 0.2) is 30.3 Å². The van der Waals surface area contributed by atoms with E-state index in [2.05, 4.69) is 28.6 Å². The van der Waals surface area contributed by atoms with Crippen molar-refractivity contribution in [1.82, 2.24) is 19.7 Å². The average Bonchev–Trinajstić information content (AvgIpc) is 3.51. The Kier molecular flexibility index (Phi) is 6.80. The van der Waals surface area contributed by atoms with Crippen molar-refractivity contribution in [2.24, 2.45) is 17.8 Å². The van der Waals surface area contributed by atoms with Gasteiger partial charge in [-0.05, 0) is 49.5 Å². The number of rotatable bonds is 10. The number of benzene rings is 1. The Balaban J connectivity index is 1.24. The van der Waals surface area contributed by atoms with Crippen molar-refractivity contribution in [3.63, 3.8) is 0 Å². The lowest BCUT2D eigenvalue weighted by molar-refractivity contribution is -0.138. The molecule has 188 valence electrons. The highest BCUT2D eigenvalue weighted by Crippen LogP contribution is 2.48. The molecule has 2 aliphatic carbocycles. The van der Waals surface area contributed by atoms with Gasteiger partial charge in [0, 0.05) is 36.9 Å². The van der Waals surface area contributed by atoms with Gasteiger partial charge in [0.25, 0.3) is 0 Å². The maximum absolute atomic E-state index is 12.5. The van der Waals surface area contributed by atoms with E-state index in [0.717, 1.165) is 48.8 Å². The summed E-state index contributed by atoms with van der Waals surface area (Å²) in [6.07, 6.45) is 5.40. The number of amides is 1. The van der Waals surface area contributed by atoms with Crippen LogP contribution in [0.4, 0.5) is 4.79 Å². The first-order valence-corrected chi connectivity index (χ1v) is 13.0. The molecule has 0 spiro atoms. The zero-order valence-electron chi connectivity index (χ0n) is 20.7. The Morgan fingerprint density at radius 3 is 2.46 bits per heavy atom. The summed E-state index contributed by atoms with van der Waals surface area (Å²) in [6.45, 7) is 5.75. The van der Waals surface area contributed by atoms with Gasteiger partial charge < -0.3 is 19.3 Å². The van der Waals surface area contributed by atoms with Crippen LogP contribution in [0.25, 0.3) is 0 Å². The van der Waals surface area contributed by atoms with Gasteiger partial charge in [0.05, 0.1) is 6.42 Å². The Labute approximate surface area is 206 Å². The number of ether oxygens (including phenoxy) is 1. The molecule has 1 atom stereocenters. The summed E-state index contributed by atoms with van der Waals surface area (Å²) >= 11 is 0. The average molecular weight is 481 g/mol. The summed E-state index contributed by atoms with van der Waals surface area (Å²) in [5.41, 5.74) is 0.943. The van der Waals surface area contributed by atoms with E-state index in [1.165, 1.54) is 6.42 Å². The normalized spacial score (nSPS) is 23.0. The molecule has 8 nitrogen and oxygen atoms in total. The second-order valence-corrected chi connectivity index (χ2v) is 11.1. The highest BCUT2D eigenvalue weighted by Gasteiger charge is 2.44. The lowest BCUT2D eigenvalue weighted by atomic mass is 9.71. The second kappa shape index (κ2) is 9.99. The number of carboxylic acids is 1. The molecule has 0 bridgehead atoms. The third-order valence-corrected chi connectivity index (χ3v) is 7.73. The van der Waals surface area contributed by atoms with E-state index in [1.54, 1.807) is 4.90 Å². The Morgan fingerprint density at radius 1 is 1.11 bits per heavy atom. The molecular formula is C27H36N4O4. The van der Waals surface area contributed by atoms with E-state index < -0.39 is 5.97 Å². The van der Waals surface area contributed by atoms with Crippen LogP contribution in [0.5, 0.6) is 0 Å². The van der Waals surface area contributed by atoms with Gasteiger partial charge in [-0.1, -0.05) is 44.2 Å². The zero-order chi connectivity index (χ0) is 24.5. The summed E-state index contributed by atoms with van der Waals surface area (Å²) in [4.78, 5) is 26.0. The van der Waals surface area contributed by atoms with Gasteiger partial charge in [-0.2, -0.15) is 0 Å². The maximum Gasteiger partial charge on any atom is 0.410 e. The van der Waals surface area contributed by atoms with E-state index in [1.807, 2.05) is 30.3 Å².